The number of rotatable bonds is 5. The number of carbonyl (C=O) groups is 1. The van der Waals surface area contributed by atoms with Gasteiger partial charge in [0.1, 0.15) is 6.29 Å². The molecule has 3 nitrogen and oxygen atoms in total. The molecule has 74 valence electrons. The van der Waals surface area contributed by atoms with Gasteiger partial charge in [0.05, 0.1) is 11.4 Å². The molecule has 0 aliphatic heterocycles. The van der Waals surface area contributed by atoms with Crippen LogP contribution in [0.4, 0.5) is 5.69 Å². The van der Waals surface area contributed by atoms with Crippen LogP contribution in [-0.2, 0) is 11.2 Å². The summed E-state index contributed by atoms with van der Waals surface area (Å²) >= 11 is 0. The van der Waals surface area contributed by atoms with E-state index in [4.69, 9.17) is 0 Å². The maximum absolute atomic E-state index is 10.2. The van der Waals surface area contributed by atoms with Crippen molar-refractivity contribution in [1.82, 2.24) is 4.98 Å². The topological polar surface area (TPSA) is 42.0 Å². The molecule has 0 fully saturated rings. The first-order chi connectivity index (χ1) is 6.81. The molecule has 0 amide bonds. The number of nitrogens with one attached hydrogen (secondary N) is 1. The summed E-state index contributed by atoms with van der Waals surface area (Å²) in [6.45, 7) is 3.67. The van der Waals surface area contributed by atoms with Gasteiger partial charge in [0.2, 0.25) is 0 Å². The Labute approximate surface area is 83.9 Å². The van der Waals surface area contributed by atoms with Crippen LogP contribution in [-0.4, -0.2) is 18.3 Å². The van der Waals surface area contributed by atoms with Crippen LogP contribution in [0.15, 0.2) is 18.8 Å². The molecule has 0 atom stereocenters. The second kappa shape index (κ2) is 5.17. The summed E-state index contributed by atoms with van der Waals surface area (Å²) in [4.78, 5) is 14.5. The van der Waals surface area contributed by atoms with Crippen LogP contribution in [0.25, 0.3) is 6.08 Å². The predicted octanol–water partition coefficient (Wildman–Crippen LogP) is 1.90. The number of aldehydes is 1. The van der Waals surface area contributed by atoms with Gasteiger partial charge in [-0.1, -0.05) is 12.7 Å². The van der Waals surface area contributed by atoms with Crippen LogP contribution in [0.1, 0.15) is 17.7 Å². The normalized spacial score (nSPS) is 9.50. The van der Waals surface area contributed by atoms with E-state index in [2.05, 4.69) is 16.9 Å². The van der Waals surface area contributed by atoms with Crippen LogP contribution in [0.5, 0.6) is 0 Å². The van der Waals surface area contributed by atoms with Crippen LogP contribution < -0.4 is 5.32 Å². The fourth-order valence-electron chi connectivity index (χ4n) is 1.23. The maximum atomic E-state index is 10.2. The van der Waals surface area contributed by atoms with Crippen molar-refractivity contribution in [3.05, 3.63) is 30.1 Å². The van der Waals surface area contributed by atoms with E-state index < -0.39 is 0 Å². The van der Waals surface area contributed by atoms with Gasteiger partial charge in [-0.15, -0.1) is 0 Å². The Hall–Kier alpha value is -1.64. The SMILES string of the molecule is C=Cc1cnc(CCC=O)c(NC)c1. The van der Waals surface area contributed by atoms with Crippen LogP contribution in [0.3, 0.4) is 0 Å². The Morgan fingerprint density at radius 3 is 3.00 bits per heavy atom. The Balaban J connectivity index is 2.92. The fourth-order valence-corrected chi connectivity index (χ4v) is 1.23. The van der Waals surface area contributed by atoms with Crippen molar-refractivity contribution in [1.29, 1.82) is 0 Å². The van der Waals surface area contributed by atoms with Crippen LogP contribution in [0.2, 0.25) is 0 Å². The van der Waals surface area contributed by atoms with E-state index >= 15 is 0 Å². The molecule has 1 rings (SSSR count). The summed E-state index contributed by atoms with van der Waals surface area (Å²) in [5.74, 6) is 0. The summed E-state index contributed by atoms with van der Waals surface area (Å²) in [6.07, 6.45) is 5.60. The molecule has 14 heavy (non-hydrogen) atoms. The van der Waals surface area contributed by atoms with Gasteiger partial charge in [-0.2, -0.15) is 0 Å². The van der Waals surface area contributed by atoms with Gasteiger partial charge in [-0.3, -0.25) is 4.98 Å². The van der Waals surface area contributed by atoms with E-state index in [-0.39, 0.29) is 0 Å². The third-order valence-electron chi connectivity index (χ3n) is 2.00. The Morgan fingerprint density at radius 2 is 2.43 bits per heavy atom. The van der Waals surface area contributed by atoms with Crippen molar-refractivity contribution >= 4 is 18.0 Å². The van der Waals surface area contributed by atoms with Gasteiger partial charge < -0.3 is 10.1 Å². The average molecular weight is 190 g/mol. The molecule has 3 heteroatoms. The third-order valence-corrected chi connectivity index (χ3v) is 2.00. The summed E-state index contributed by atoms with van der Waals surface area (Å²) in [5.41, 5.74) is 2.86. The van der Waals surface area contributed by atoms with E-state index in [1.165, 1.54) is 0 Å². The van der Waals surface area contributed by atoms with E-state index in [0.717, 1.165) is 23.2 Å². The van der Waals surface area contributed by atoms with Gasteiger partial charge in [0.25, 0.3) is 0 Å². The highest BCUT2D eigenvalue weighted by molar-refractivity contribution is 5.58. The summed E-state index contributed by atoms with van der Waals surface area (Å²) in [5, 5.41) is 3.05. The molecular formula is C11H14N2O. The molecule has 0 saturated carbocycles. The second-order valence-corrected chi connectivity index (χ2v) is 2.92. The van der Waals surface area contributed by atoms with Crippen molar-refractivity contribution in [2.24, 2.45) is 0 Å². The lowest BCUT2D eigenvalue weighted by atomic mass is 10.1. The molecule has 0 bridgehead atoms. The molecule has 0 aliphatic rings. The van der Waals surface area contributed by atoms with Crippen LogP contribution in [0, 0.1) is 0 Å². The average Bonchev–Trinajstić information content (AvgIpc) is 2.26. The van der Waals surface area contributed by atoms with Gasteiger partial charge in [0, 0.05) is 19.7 Å². The zero-order valence-corrected chi connectivity index (χ0v) is 8.29. The van der Waals surface area contributed by atoms with E-state index in [9.17, 15) is 4.79 Å². The third kappa shape index (κ3) is 2.42. The number of nitrogens with zero attached hydrogens (tertiary/aromatic N) is 1. The lowest BCUT2D eigenvalue weighted by Gasteiger charge is -2.07. The highest BCUT2D eigenvalue weighted by atomic mass is 16.1. The summed E-state index contributed by atoms with van der Waals surface area (Å²) < 4.78 is 0. The number of hydrogen-bond acceptors (Lipinski definition) is 3. The number of aryl methyl sites for hydroxylation is 1. The van der Waals surface area contributed by atoms with Crippen molar-refractivity contribution in [2.75, 3.05) is 12.4 Å². The largest absolute Gasteiger partial charge is 0.387 e. The molecule has 0 radical (unpaired) electrons. The quantitative estimate of drug-likeness (QED) is 0.721. The molecule has 0 saturated heterocycles. The number of anilines is 1. The zero-order chi connectivity index (χ0) is 10.4. The molecule has 1 heterocycles. The minimum atomic E-state index is 0.509. The second-order valence-electron chi connectivity index (χ2n) is 2.92. The molecular weight excluding hydrogens is 176 g/mol. The predicted molar refractivity (Wildman–Crippen MR) is 58.3 cm³/mol. The van der Waals surface area contributed by atoms with Gasteiger partial charge in [-0.25, -0.2) is 0 Å². The van der Waals surface area contributed by atoms with E-state index in [1.54, 1.807) is 12.3 Å². The van der Waals surface area contributed by atoms with Crippen molar-refractivity contribution in [2.45, 2.75) is 12.8 Å². The van der Waals surface area contributed by atoms with Crippen LogP contribution >= 0.6 is 0 Å². The number of aromatic nitrogens is 1. The monoisotopic (exact) mass is 190 g/mol. The molecule has 1 aromatic heterocycles. The fraction of sp³-hybridized carbons (Fsp3) is 0.273. The standard InChI is InChI=1S/C11H14N2O/c1-3-9-7-11(12-2)10(13-8-9)5-4-6-14/h3,6-8,12H,1,4-5H2,2H3. The highest BCUT2D eigenvalue weighted by Crippen LogP contribution is 2.16. The molecule has 0 unspecified atom stereocenters. The lowest BCUT2D eigenvalue weighted by molar-refractivity contribution is -0.107. The molecule has 1 N–H and O–H groups in total. The maximum Gasteiger partial charge on any atom is 0.120 e. The number of pyridine rings is 1. The zero-order valence-electron chi connectivity index (χ0n) is 8.29. The lowest BCUT2D eigenvalue weighted by Crippen LogP contribution is -1.99. The van der Waals surface area contributed by atoms with Crippen molar-refractivity contribution in [3.63, 3.8) is 0 Å². The van der Waals surface area contributed by atoms with E-state index in [0.29, 0.717) is 12.8 Å². The Morgan fingerprint density at radius 1 is 1.64 bits per heavy atom. The molecule has 0 aliphatic carbocycles. The van der Waals surface area contributed by atoms with Gasteiger partial charge in [-0.05, 0) is 18.1 Å². The highest BCUT2D eigenvalue weighted by Gasteiger charge is 2.02. The summed E-state index contributed by atoms with van der Waals surface area (Å²) in [6, 6.07) is 1.97. The smallest absolute Gasteiger partial charge is 0.120 e. The first-order valence-corrected chi connectivity index (χ1v) is 4.54. The first kappa shape index (κ1) is 10.4. The molecule has 0 spiro atoms. The van der Waals surface area contributed by atoms with Crippen molar-refractivity contribution < 1.29 is 4.79 Å². The van der Waals surface area contributed by atoms with Gasteiger partial charge >= 0.3 is 0 Å². The first-order valence-electron chi connectivity index (χ1n) is 4.54. The van der Waals surface area contributed by atoms with Crippen molar-refractivity contribution in [3.8, 4) is 0 Å². The number of hydrogen-bond donors (Lipinski definition) is 1. The summed E-state index contributed by atoms with van der Waals surface area (Å²) in [7, 11) is 1.84. The van der Waals surface area contributed by atoms with E-state index in [1.807, 2.05) is 13.1 Å². The molecule has 0 aromatic carbocycles. The number of carbonyl (C=O) groups excluding carboxylic acids is 1. The minimum absolute atomic E-state index is 0.509. The Bertz CT molecular complexity index is 334. The molecule has 1 aromatic rings. The minimum Gasteiger partial charge on any atom is -0.387 e. The Kier molecular flexibility index (Phi) is 3.85. The van der Waals surface area contributed by atoms with Gasteiger partial charge in [0.15, 0.2) is 0 Å².